The highest BCUT2D eigenvalue weighted by atomic mass is 15.4. The summed E-state index contributed by atoms with van der Waals surface area (Å²) in [6.45, 7) is 9.49. The molecule has 0 amide bonds. The van der Waals surface area contributed by atoms with E-state index in [1.54, 1.807) is 0 Å². The van der Waals surface area contributed by atoms with Gasteiger partial charge in [-0.3, -0.25) is 0 Å². The van der Waals surface area contributed by atoms with Crippen molar-refractivity contribution in [3.63, 3.8) is 0 Å². The number of hydrogen-bond acceptors (Lipinski definition) is 2. The Labute approximate surface area is 254 Å². The summed E-state index contributed by atoms with van der Waals surface area (Å²) in [4.78, 5) is 5.26. The van der Waals surface area contributed by atoms with Gasteiger partial charge in [-0.05, 0) is 19.3 Å². The fraction of sp³-hybridized carbons (Fsp3) is 0.947. The largest absolute Gasteiger partial charge is 0.356 e. The van der Waals surface area contributed by atoms with E-state index in [0.717, 1.165) is 0 Å². The van der Waals surface area contributed by atoms with Crippen molar-refractivity contribution in [3.05, 3.63) is 12.4 Å². The van der Waals surface area contributed by atoms with Crippen molar-refractivity contribution >= 4 is 0 Å². The third-order valence-corrected chi connectivity index (χ3v) is 9.37. The van der Waals surface area contributed by atoms with E-state index in [9.17, 15) is 0 Å². The lowest BCUT2D eigenvalue weighted by molar-refractivity contribution is 0.144. The first-order valence-electron chi connectivity index (χ1n) is 19.0. The minimum Gasteiger partial charge on any atom is -0.356 e. The van der Waals surface area contributed by atoms with Crippen LogP contribution in [0.2, 0.25) is 0 Å². The SMILES string of the molecule is CCCCCCCCCCCCCCCCCN1C=CN(CCCCCCCCCCCCCCCC)C1CC. The summed E-state index contributed by atoms with van der Waals surface area (Å²) in [6, 6.07) is 0. The molecule has 40 heavy (non-hydrogen) atoms. The van der Waals surface area contributed by atoms with Gasteiger partial charge in [0.2, 0.25) is 0 Å². The predicted molar refractivity (Wildman–Crippen MR) is 182 cm³/mol. The van der Waals surface area contributed by atoms with Crippen molar-refractivity contribution < 1.29 is 0 Å². The van der Waals surface area contributed by atoms with Gasteiger partial charge in [0.25, 0.3) is 0 Å². The lowest BCUT2D eigenvalue weighted by Crippen LogP contribution is -2.38. The van der Waals surface area contributed by atoms with Crippen molar-refractivity contribution in [2.24, 2.45) is 0 Å². The van der Waals surface area contributed by atoms with Gasteiger partial charge in [-0.25, -0.2) is 0 Å². The molecule has 0 bridgehead atoms. The van der Waals surface area contributed by atoms with Crippen molar-refractivity contribution in [1.82, 2.24) is 9.80 Å². The Kier molecular flexibility index (Phi) is 27.9. The molecule has 2 nitrogen and oxygen atoms in total. The van der Waals surface area contributed by atoms with Gasteiger partial charge in [-0.15, -0.1) is 0 Å². The van der Waals surface area contributed by atoms with Gasteiger partial charge in [0, 0.05) is 25.5 Å². The van der Waals surface area contributed by atoms with E-state index in [0.29, 0.717) is 6.17 Å². The fourth-order valence-corrected chi connectivity index (χ4v) is 6.63. The first-order valence-corrected chi connectivity index (χ1v) is 19.0. The molecule has 0 aromatic rings. The summed E-state index contributed by atoms with van der Waals surface area (Å²) in [6.07, 6.45) is 48.6. The maximum absolute atomic E-state index is 2.63. The molecule has 0 aromatic carbocycles. The van der Waals surface area contributed by atoms with Crippen molar-refractivity contribution in [2.45, 2.75) is 220 Å². The summed E-state index contributed by atoms with van der Waals surface area (Å²) in [5, 5.41) is 0. The van der Waals surface area contributed by atoms with E-state index in [-0.39, 0.29) is 0 Å². The molecular formula is C38H76N2. The average molecular weight is 561 g/mol. The van der Waals surface area contributed by atoms with E-state index in [1.165, 1.54) is 206 Å². The van der Waals surface area contributed by atoms with E-state index >= 15 is 0 Å². The second-order valence-corrected chi connectivity index (χ2v) is 13.2. The molecule has 1 aliphatic heterocycles. The minimum absolute atomic E-state index is 0.619. The smallest absolute Gasteiger partial charge is 0.100 e. The highest BCUT2D eigenvalue weighted by Crippen LogP contribution is 2.21. The normalized spacial score (nSPS) is 15.1. The quantitative estimate of drug-likeness (QED) is 0.0755. The monoisotopic (exact) mass is 561 g/mol. The number of rotatable bonds is 32. The van der Waals surface area contributed by atoms with Crippen LogP contribution < -0.4 is 0 Å². The van der Waals surface area contributed by atoms with Gasteiger partial charge < -0.3 is 9.80 Å². The van der Waals surface area contributed by atoms with Crippen LogP contribution in [0.5, 0.6) is 0 Å². The van der Waals surface area contributed by atoms with Crippen LogP contribution >= 0.6 is 0 Å². The maximum Gasteiger partial charge on any atom is 0.100 e. The van der Waals surface area contributed by atoms with Crippen LogP contribution in [0.3, 0.4) is 0 Å². The topological polar surface area (TPSA) is 6.48 Å². The van der Waals surface area contributed by atoms with Crippen LogP contribution in [0.4, 0.5) is 0 Å². The molecule has 1 unspecified atom stereocenters. The molecule has 1 aliphatic rings. The number of hydrogen-bond donors (Lipinski definition) is 0. The summed E-state index contributed by atoms with van der Waals surface area (Å²) in [5.41, 5.74) is 0. The van der Waals surface area contributed by atoms with Crippen LogP contribution in [0.15, 0.2) is 12.4 Å². The van der Waals surface area contributed by atoms with Crippen LogP contribution in [0, 0.1) is 0 Å². The van der Waals surface area contributed by atoms with E-state index in [1.807, 2.05) is 0 Å². The average Bonchev–Trinajstić information content (AvgIpc) is 3.36. The third-order valence-electron chi connectivity index (χ3n) is 9.37. The molecule has 0 N–H and O–H groups in total. The molecule has 0 saturated carbocycles. The lowest BCUT2D eigenvalue weighted by atomic mass is 10.0. The first-order chi connectivity index (χ1) is 19.8. The Morgan fingerprint density at radius 3 is 0.775 bits per heavy atom. The maximum atomic E-state index is 2.63. The van der Waals surface area contributed by atoms with Crippen LogP contribution in [-0.4, -0.2) is 29.1 Å². The van der Waals surface area contributed by atoms with E-state index < -0.39 is 0 Å². The molecule has 1 atom stereocenters. The second kappa shape index (κ2) is 29.8. The standard InChI is InChI=1S/C38H76N2/c1-4-7-9-11-13-15-17-19-21-23-25-27-29-31-33-35-40-37-36-39(38(40)6-3)34-32-30-28-26-24-22-20-18-16-14-12-10-8-5-2/h36-38H,4-35H2,1-3H3. The zero-order valence-corrected chi connectivity index (χ0v) is 28.3. The third kappa shape index (κ3) is 22.0. The molecule has 1 rings (SSSR count). The van der Waals surface area contributed by atoms with E-state index in [2.05, 4.69) is 43.0 Å². The predicted octanol–water partition coefficient (Wildman–Crippen LogP) is 13.2. The van der Waals surface area contributed by atoms with Gasteiger partial charge in [0.05, 0.1) is 0 Å². The molecule has 0 aliphatic carbocycles. The van der Waals surface area contributed by atoms with Gasteiger partial charge in [-0.2, -0.15) is 0 Å². The molecule has 0 saturated heterocycles. The summed E-state index contributed by atoms with van der Waals surface area (Å²) in [7, 11) is 0. The molecule has 0 spiro atoms. The van der Waals surface area contributed by atoms with E-state index in [4.69, 9.17) is 0 Å². The van der Waals surface area contributed by atoms with Gasteiger partial charge in [0.15, 0.2) is 0 Å². The Morgan fingerprint density at radius 1 is 0.325 bits per heavy atom. The number of nitrogens with zero attached hydrogens (tertiary/aromatic N) is 2. The zero-order chi connectivity index (χ0) is 28.8. The van der Waals surface area contributed by atoms with Gasteiger partial charge in [0.1, 0.15) is 6.17 Å². The molecule has 0 radical (unpaired) electrons. The Balaban J connectivity index is 1.88. The molecule has 2 heteroatoms. The number of unbranched alkanes of at least 4 members (excludes halogenated alkanes) is 27. The fourth-order valence-electron chi connectivity index (χ4n) is 6.63. The van der Waals surface area contributed by atoms with Crippen LogP contribution in [0.25, 0.3) is 0 Å². The Bertz CT molecular complexity index is 516. The molecular weight excluding hydrogens is 484 g/mol. The highest BCUT2D eigenvalue weighted by molar-refractivity contribution is 4.96. The first kappa shape index (κ1) is 37.4. The lowest BCUT2D eigenvalue weighted by Gasteiger charge is -2.32. The van der Waals surface area contributed by atoms with Crippen LogP contribution in [0.1, 0.15) is 213 Å². The minimum atomic E-state index is 0.619. The van der Waals surface area contributed by atoms with Gasteiger partial charge in [-0.1, -0.05) is 194 Å². The molecule has 0 aromatic heterocycles. The Morgan fingerprint density at radius 2 is 0.550 bits per heavy atom. The second-order valence-electron chi connectivity index (χ2n) is 13.2. The summed E-state index contributed by atoms with van der Waals surface area (Å²) < 4.78 is 0. The zero-order valence-electron chi connectivity index (χ0n) is 28.3. The van der Waals surface area contributed by atoms with Crippen molar-refractivity contribution in [3.8, 4) is 0 Å². The summed E-state index contributed by atoms with van der Waals surface area (Å²) >= 11 is 0. The van der Waals surface area contributed by atoms with Crippen molar-refractivity contribution in [1.29, 1.82) is 0 Å². The summed E-state index contributed by atoms with van der Waals surface area (Å²) in [5.74, 6) is 0. The Hall–Kier alpha value is -0.660. The van der Waals surface area contributed by atoms with Crippen LogP contribution in [-0.2, 0) is 0 Å². The molecule has 238 valence electrons. The molecule has 1 heterocycles. The van der Waals surface area contributed by atoms with Gasteiger partial charge >= 0.3 is 0 Å². The highest BCUT2D eigenvalue weighted by Gasteiger charge is 2.23. The van der Waals surface area contributed by atoms with Crippen molar-refractivity contribution in [2.75, 3.05) is 13.1 Å². The molecule has 0 fully saturated rings.